The molecule has 78 valence electrons. The Morgan fingerprint density at radius 3 is 2.31 bits per heavy atom. The van der Waals surface area contributed by atoms with E-state index in [1.165, 1.54) is 0 Å². The highest BCUT2D eigenvalue weighted by atomic mass is 79.9. The molecule has 0 aliphatic heterocycles. The number of carbonyl (C=O) groups excluding carboxylic acids is 1. The van der Waals surface area contributed by atoms with Crippen molar-refractivity contribution in [3.8, 4) is 0 Å². The molecule has 1 amide bonds. The molecular formula is C7H12BrF2NO2. The lowest BCUT2D eigenvalue weighted by Gasteiger charge is -2.19. The third kappa shape index (κ3) is 5.15. The van der Waals surface area contributed by atoms with Crippen molar-refractivity contribution < 1.29 is 18.7 Å². The normalized spacial score (nSPS) is 12.8. The van der Waals surface area contributed by atoms with Gasteiger partial charge in [-0.05, 0) is 13.8 Å². The molecule has 0 aliphatic carbocycles. The molecule has 0 fully saturated rings. The third-order valence-corrected chi connectivity index (χ3v) is 1.64. The van der Waals surface area contributed by atoms with Gasteiger partial charge in [-0.2, -0.15) is 0 Å². The van der Waals surface area contributed by atoms with Gasteiger partial charge in [0, 0.05) is 0 Å². The van der Waals surface area contributed by atoms with Crippen molar-refractivity contribution in [3.63, 3.8) is 0 Å². The number of carbonyl (C=O) groups is 1. The Balaban J connectivity index is 3.98. The Hall–Kier alpha value is -0.230. The molecule has 0 saturated heterocycles. The first-order valence-corrected chi connectivity index (χ1v) is 4.44. The standard InChI is InChI=1S/C7H12BrF2NO2/c1-6(2,8)5(13)11-3-7(9,10)4-12/h12H,3-4H2,1-2H3,(H,11,13). The molecule has 0 spiro atoms. The summed E-state index contributed by atoms with van der Waals surface area (Å²) in [6.07, 6.45) is 0. The highest BCUT2D eigenvalue weighted by Gasteiger charge is 2.31. The number of aliphatic hydroxyl groups excluding tert-OH is 1. The van der Waals surface area contributed by atoms with Crippen LogP contribution < -0.4 is 5.32 Å². The lowest BCUT2D eigenvalue weighted by molar-refractivity contribution is -0.125. The number of amides is 1. The first kappa shape index (κ1) is 12.8. The average molecular weight is 260 g/mol. The zero-order valence-corrected chi connectivity index (χ0v) is 8.99. The van der Waals surface area contributed by atoms with Crippen LogP contribution in [0.4, 0.5) is 8.78 Å². The Morgan fingerprint density at radius 1 is 1.54 bits per heavy atom. The zero-order valence-electron chi connectivity index (χ0n) is 7.40. The van der Waals surface area contributed by atoms with Gasteiger partial charge in [-0.25, -0.2) is 8.78 Å². The minimum atomic E-state index is -3.26. The quantitative estimate of drug-likeness (QED) is 0.738. The SMILES string of the molecule is CC(C)(Br)C(=O)NCC(F)(F)CO. The minimum Gasteiger partial charge on any atom is -0.390 e. The summed E-state index contributed by atoms with van der Waals surface area (Å²) in [6.45, 7) is 0.964. The summed E-state index contributed by atoms with van der Waals surface area (Å²) in [5, 5.41) is 10.2. The van der Waals surface area contributed by atoms with E-state index in [9.17, 15) is 13.6 Å². The van der Waals surface area contributed by atoms with Gasteiger partial charge in [-0.3, -0.25) is 4.79 Å². The maximum atomic E-state index is 12.4. The average Bonchev–Trinajstić information content (AvgIpc) is 1.98. The van der Waals surface area contributed by atoms with E-state index in [-0.39, 0.29) is 0 Å². The molecule has 0 aromatic carbocycles. The summed E-state index contributed by atoms with van der Waals surface area (Å²) in [4.78, 5) is 11.1. The topological polar surface area (TPSA) is 49.3 Å². The highest BCUT2D eigenvalue weighted by molar-refractivity contribution is 9.10. The highest BCUT2D eigenvalue weighted by Crippen LogP contribution is 2.16. The van der Waals surface area contributed by atoms with Gasteiger partial charge in [-0.15, -0.1) is 0 Å². The monoisotopic (exact) mass is 259 g/mol. The molecule has 0 bridgehead atoms. The molecule has 0 aliphatic rings. The van der Waals surface area contributed by atoms with Crippen LogP contribution in [0.2, 0.25) is 0 Å². The predicted molar refractivity (Wildman–Crippen MR) is 48.0 cm³/mol. The van der Waals surface area contributed by atoms with Crippen molar-refractivity contribution in [3.05, 3.63) is 0 Å². The van der Waals surface area contributed by atoms with Crippen molar-refractivity contribution in [1.29, 1.82) is 0 Å². The van der Waals surface area contributed by atoms with Gasteiger partial charge in [0.1, 0.15) is 6.61 Å². The van der Waals surface area contributed by atoms with Crippen molar-refractivity contribution in [2.45, 2.75) is 24.1 Å². The van der Waals surface area contributed by atoms with Crippen LogP contribution in [0.15, 0.2) is 0 Å². The van der Waals surface area contributed by atoms with Crippen molar-refractivity contribution in [2.75, 3.05) is 13.2 Å². The van der Waals surface area contributed by atoms with Crippen LogP contribution in [0.5, 0.6) is 0 Å². The summed E-state index contributed by atoms with van der Waals surface area (Å²) in [5.41, 5.74) is 0. The maximum absolute atomic E-state index is 12.4. The first-order chi connectivity index (χ1) is 5.69. The van der Waals surface area contributed by atoms with Crippen LogP contribution in [-0.2, 0) is 4.79 Å². The Morgan fingerprint density at radius 2 is 2.00 bits per heavy atom. The molecule has 0 rings (SSSR count). The van der Waals surface area contributed by atoms with Gasteiger partial charge in [0.25, 0.3) is 5.92 Å². The van der Waals surface area contributed by atoms with E-state index in [0.29, 0.717) is 0 Å². The first-order valence-electron chi connectivity index (χ1n) is 3.65. The van der Waals surface area contributed by atoms with Crippen LogP contribution in [-0.4, -0.2) is 34.4 Å². The van der Waals surface area contributed by atoms with E-state index >= 15 is 0 Å². The predicted octanol–water partition coefficient (Wildman–Crippen LogP) is 0.904. The van der Waals surface area contributed by atoms with Gasteiger partial charge in [0.05, 0.1) is 10.9 Å². The smallest absolute Gasteiger partial charge is 0.287 e. The number of nitrogens with one attached hydrogen (secondary N) is 1. The molecule has 0 heterocycles. The van der Waals surface area contributed by atoms with E-state index in [2.05, 4.69) is 15.9 Å². The third-order valence-electron chi connectivity index (χ3n) is 1.28. The van der Waals surface area contributed by atoms with Crippen LogP contribution in [0.3, 0.4) is 0 Å². The van der Waals surface area contributed by atoms with Gasteiger partial charge < -0.3 is 10.4 Å². The molecule has 6 heteroatoms. The molecule has 13 heavy (non-hydrogen) atoms. The fraction of sp³-hybridized carbons (Fsp3) is 0.857. The summed E-state index contributed by atoms with van der Waals surface area (Å²) < 4.78 is 24.0. The van der Waals surface area contributed by atoms with Crippen LogP contribution in [0, 0.1) is 0 Å². The Kier molecular flexibility index (Phi) is 4.25. The fourth-order valence-electron chi connectivity index (χ4n) is 0.476. The number of halogens is 3. The van der Waals surface area contributed by atoms with E-state index in [1.54, 1.807) is 13.8 Å². The minimum absolute atomic E-state index is 0.541. The van der Waals surface area contributed by atoms with Crippen LogP contribution in [0.1, 0.15) is 13.8 Å². The largest absolute Gasteiger partial charge is 0.390 e. The molecule has 2 N–H and O–H groups in total. The van der Waals surface area contributed by atoms with Crippen molar-refractivity contribution in [1.82, 2.24) is 5.32 Å². The Labute approximate surface area is 83.6 Å². The van der Waals surface area contributed by atoms with E-state index in [0.717, 1.165) is 0 Å². The Bertz CT molecular complexity index is 191. The zero-order chi connectivity index (χ0) is 10.7. The molecular weight excluding hydrogens is 248 g/mol. The number of hydrogen-bond acceptors (Lipinski definition) is 2. The lowest BCUT2D eigenvalue weighted by atomic mass is 10.2. The molecule has 0 saturated carbocycles. The van der Waals surface area contributed by atoms with Crippen molar-refractivity contribution in [2.24, 2.45) is 0 Å². The van der Waals surface area contributed by atoms with E-state index < -0.39 is 29.3 Å². The second kappa shape index (κ2) is 4.32. The summed E-state index contributed by atoms with van der Waals surface area (Å²) in [5.74, 6) is -3.80. The number of aliphatic hydroxyl groups is 1. The fourth-order valence-corrected chi connectivity index (χ4v) is 0.616. The van der Waals surface area contributed by atoms with Crippen LogP contribution in [0.25, 0.3) is 0 Å². The maximum Gasteiger partial charge on any atom is 0.287 e. The van der Waals surface area contributed by atoms with Gasteiger partial charge >= 0.3 is 0 Å². The summed E-state index contributed by atoms with van der Waals surface area (Å²) >= 11 is 3.01. The number of alkyl halides is 3. The van der Waals surface area contributed by atoms with E-state index in [1.807, 2.05) is 5.32 Å². The molecule has 3 nitrogen and oxygen atoms in total. The number of hydrogen-bond donors (Lipinski definition) is 2. The molecule has 0 aromatic heterocycles. The molecule has 0 atom stereocenters. The lowest BCUT2D eigenvalue weighted by Crippen LogP contribution is -2.44. The second-order valence-electron chi connectivity index (χ2n) is 3.17. The molecule has 0 aromatic rings. The van der Waals surface area contributed by atoms with Crippen LogP contribution >= 0.6 is 15.9 Å². The van der Waals surface area contributed by atoms with E-state index in [4.69, 9.17) is 5.11 Å². The van der Waals surface area contributed by atoms with Gasteiger partial charge in [-0.1, -0.05) is 15.9 Å². The number of rotatable bonds is 4. The molecule has 0 unspecified atom stereocenters. The van der Waals surface area contributed by atoms with Crippen molar-refractivity contribution >= 4 is 21.8 Å². The molecule has 0 radical (unpaired) electrons. The van der Waals surface area contributed by atoms with Gasteiger partial charge in [0.15, 0.2) is 0 Å². The summed E-state index contributed by atoms with van der Waals surface area (Å²) in [6, 6.07) is 0. The summed E-state index contributed by atoms with van der Waals surface area (Å²) in [7, 11) is 0. The van der Waals surface area contributed by atoms with Gasteiger partial charge in [0.2, 0.25) is 5.91 Å². The second-order valence-corrected chi connectivity index (χ2v) is 5.15.